The van der Waals surface area contributed by atoms with Crippen LogP contribution in [0.5, 0.6) is 5.75 Å². The van der Waals surface area contributed by atoms with Gasteiger partial charge in [0.2, 0.25) is 6.40 Å². The fraction of sp³-hybridized carbons (Fsp3) is 0.143. The van der Waals surface area contributed by atoms with E-state index in [0.717, 1.165) is 51.1 Å². The predicted octanol–water partition coefficient (Wildman–Crippen LogP) is 13.0. The lowest BCUT2D eigenvalue weighted by Gasteiger charge is -2.27. The number of aromatic hydroxyl groups is 1. The summed E-state index contributed by atoms with van der Waals surface area (Å²) in [5.74, 6) is -0.00859. The molecular weight excluding hydrogens is 723 g/mol. The van der Waals surface area contributed by atoms with E-state index in [1.54, 1.807) is 30.3 Å². The van der Waals surface area contributed by atoms with Crippen molar-refractivity contribution in [1.29, 1.82) is 0 Å². The maximum Gasteiger partial charge on any atom is 0.245 e. The van der Waals surface area contributed by atoms with Gasteiger partial charge in [0.1, 0.15) is 18.0 Å². The van der Waals surface area contributed by atoms with Gasteiger partial charge in [0, 0.05) is 28.0 Å². The van der Waals surface area contributed by atoms with Gasteiger partial charge in [-0.25, -0.2) is 5.48 Å². The van der Waals surface area contributed by atoms with E-state index in [2.05, 4.69) is 120 Å². The van der Waals surface area contributed by atoms with Crippen LogP contribution in [0.4, 0.5) is 34.1 Å². The topological polar surface area (TPSA) is 108 Å². The molecule has 0 amide bonds. The standard InChI is InChI=1S/C49H45N5O4/c1-32-9-19-45(25-34(32)3)54(46-20-10-33(2)35(4)26-46)44-21-11-37(12-22-44)27-38-7-6-8-43(29-38)53-58-31-50-57-30-39-13-23-47-41(28-39)16-24-48(56)49(47)52-51-42-17-14-40(15-18-42)36(5)55/h6-26,28-29,31,53,56H,27,30H2,1-5H3/b50-31+,52-51?. The SMILES string of the molecule is CC(=O)c1ccc(N=Nc2c(O)ccc3cc(CO/N=C/ONc4cccc(Cc5ccc(N(c6ccc(C)c(C)c6)c6ccc(C)c(C)c6)cc5)c4)ccc23)cc1. The van der Waals surface area contributed by atoms with E-state index >= 15 is 0 Å². The summed E-state index contributed by atoms with van der Waals surface area (Å²) in [5, 5.41) is 24.6. The molecule has 290 valence electrons. The zero-order chi connectivity index (χ0) is 40.6. The van der Waals surface area contributed by atoms with Gasteiger partial charge in [-0.15, -0.1) is 5.11 Å². The molecule has 7 aromatic rings. The number of carbonyl (C=O) groups excluding carboxylic acids is 1. The van der Waals surface area contributed by atoms with Crippen LogP contribution in [0.25, 0.3) is 10.8 Å². The molecular formula is C49H45N5O4. The number of anilines is 4. The van der Waals surface area contributed by atoms with Crippen LogP contribution >= 0.6 is 0 Å². The summed E-state index contributed by atoms with van der Waals surface area (Å²) in [5.41, 5.74) is 16.9. The number of nitrogens with one attached hydrogen (secondary N) is 1. The first kappa shape index (κ1) is 39.0. The van der Waals surface area contributed by atoms with E-state index in [-0.39, 0.29) is 18.1 Å². The van der Waals surface area contributed by atoms with Gasteiger partial charge < -0.3 is 19.7 Å². The smallest absolute Gasteiger partial charge is 0.245 e. The molecule has 0 bridgehead atoms. The van der Waals surface area contributed by atoms with Gasteiger partial charge in [0.05, 0.1) is 11.4 Å². The van der Waals surface area contributed by atoms with Crippen molar-refractivity contribution in [1.82, 2.24) is 0 Å². The van der Waals surface area contributed by atoms with E-state index in [1.807, 2.05) is 42.5 Å². The summed E-state index contributed by atoms with van der Waals surface area (Å²) < 4.78 is 0. The largest absolute Gasteiger partial charge is 0.506 e. The van der Waals surface area contributed by atoms with Crippen molar-refractivity contribution in [3.63, 3.8) is 0 Å². The summed E-state index contributed by atoms with van der Waals surface area (Å²) in [6.45, 7) is 10.3. The van der Waals surface area contributed by atoms with Gasteiger partial charge in [0.25, 0.3) is 0 Å². The Hall–Kier alpha value is -7.26. The molecule has 0 aliphatic carbocycles. The molecule has 0 aliphatic rings. The van der Waals surface area contributed by atoms with Crippen molar-refractivity contribution in [2.75, 3.05) is 10.4 Å². The Labute approximate surface area is 338 Å². The molecule has 58 heavy (non-hydrogen) atoms. The minimum absolute atomic E-state index is 0.0133. The second-order valence-corrected chi connectivity index (χ2v) is 14.4. The molecule has 7 rings (SSSR count). The Kier molecular flexibility index (Phi) is 11.9. The zero-order valence-electron chi connectivity index (χ0n) is 33.2. The number of hydrogen-bond donors (Lipinski definition) is 2. The van der Waals surface area contributed by atoms with E-state index in [1.165, 1.54) is 41.1 Å². The molecule has 0 saturated heterocycles. The predicted molar refractivity (Wildman–Crippen MR) is 234 cm³/mol. The van der Waals surface area contributed by atoms with E-state index < -0.39 is 0 Å². The maximum atomic E-state index is 11.6. The molecule has 9 nitrogen and oxygen atoms in total. The second kappa shape index (κ2) is 17.7. The minimum atomic E-state index is -0.0219. The lowest BCUT2D eigenvalue weighted by Crippen LogP contribution is -2.11. The van der Waals surface area contributed by atoms with Crippen LogP contribution in [0, 0.1) is 27.7 Å². The van der Waals surface area contributed by atoms with Gasteiger partial charge >= 0.3 is 0 Å². The Morgan fingerprint density at radius 3 is 2.02 bits per heavy atom. The van der Waals surface area contributed by atoms with Crippen molar-refractivity contribution < 1.29 is 19.6 Å². The highest BCUT2D eigenvalue weighted by Crippen LogP contribution is 2.38. The number of carbonyl (C=O) groups is 1. The molecule has 7 aromatic carbocycles. The molecule has 0 atom stereocenters. The van der Waals surface area contributed by atoms with Crippen LogP contribution in [-0.4, -0.2) is 17.3 Å². The number of rotatable bonds is 14. The summed E-state index contributed by atoms with van der Waals surface area (Å²) in [6.07, 6.45) is 1.97. The molecule has 2 N–H and O–H groups in total. The quantitative estimate of drug-likeness (QED) is 0.0375. The molecule has 0 unspecified atom stereocenters. The molecule has 9 heteroatoms. The van der Waals surface area contributed by atoms with Crippen LogP contribution in [0.1, 0.15) is 56.2 Å². The highest BCUT2D eigenvalue weighted by molar-refractivity contribution is 5.96. The van der Waals surface area contributed by atoms with Crippen LogP contribution in [0.3, 0.4) is 0 Å². The molecule has 0 spiro atoms. The molecule has 0 heterocycles. The Morgan fingerprint density at radius 1 is 0.672 bits per heavy atom. The van der Waals surface area contributed by atoms with Gasteiger partial charge in [-0.05, 0) is 170 Å². The number of nitrogens with zero attached hydrogens (tertiary/aromatic N) is 4. The maximum absolute atomic E-state index is 11.6. The number of ketones is 1. The molecule has 0 aliphatic heterocycles. The highest BCUT2D eigenvalue weighted by Gasteiger charge is 2.15. The number of oxime groups is 1. The van der Waals surface area contributed by atoms with E-state index in [0.29, 0.717) is 16.9 Å². The number of phenols is 1. The van der Waals surface area contributed by atoms with Crippen molar-refractivity contribution >= 4 is 57.1 Å². The van der Waals surface area contributed by atoms with E-state index in [4.69, 9.17) is 9.68 Å². The lowest BCUT2D eigenvalue weighted by molar-refractivity contribution is 0.101. The number of fused-ring (bicyclic) bond motifs is 1. The van der Waals surface area contributed by atoms with Crippen LogP contribution in [0.15, 0.2) is 155 Å². The fourth-order valence-corrected chi connectivity index (χ4v) is 6.59. The monoisotopic (exact) mass is 767 g/mol. The van der Waals surface area contributed by atoms with Gasteiger partial charge in [-0.2, -0.15) is 5.11 Å². The number of phenolic OH excluding ortho intramolecular Hbond substituents is 1. The van der Waals surface area contributed by atoms with Gasteiger partial charge in [-0.1, -0.05) is 59.8 Å². The van der Waals surface area contributed by atoms with E-state index in [9.17, 15) is 9.90 Å². The molecule has 0 radical (unpaired) electrons. The van der Waals surface area contributed by atoms with Crippen LogP contribution in [0.2, 0.25) is 0 Å². The number of benzene rings is 7. The fourth-order valence-electron chi connectivity index (χ4n) is 6.59. The van der Waals surface area contributed by atoms with Crippen molar-refractivity contribution in [2.45, 2.75) is 47.6 Å². The van der Waals surface area contributed by atoms with Crippen LogP contribution in [-0.2, 0) is 22.7 Å². The highest BCUT2D eigenvalue weighted by atomic mass is 16.7. The third-order valence-electron chi connectivity index (χ3n) is 10.2. The lowest BCUT2D eigenvalue weighted by atomic mass is 10.0. The Bertz CT molecular complexity index is 2580. The Balaban J connectivity index is 0.935. The normalized spacial score (nSPS) is 11.3. The third kappa shape index (κ3) is 9.39. The van der Waals surface area contributed by atoms with Crippen molar-refractivity contribution in [3.8, 4) is 5.75 Å². The molecule has 0 saturated carbocycles. The zero-order valence-corrected chi connectivity index (χ0v) is 33.2. The summed E-state index contributed by atoms with van der Waals surface area (Å²) in [4.78, 5) is 24.8. The van der Waals surface area contributed by atoms with Crippen molar-refractivity contribution in [3.05, 3.63) is 184 Å². The average Bonchev–Trinajstić information content (AvgIpc) is 3.22. The minimum Gasteiger partial charge on any atom is -0.506 e. The average molecular weight is 768 g/mol. The molecule has 0 fully saturated rings. The van der Waals surface area contributed by atoms with Gasteiger partial charge in [-0.3, -0.25) is 4.79 Å². The first-order valence-electron chi connectivity index (χ1n) is 19.1. The number of aryl methyl sites for hydroxylation is 4. The second-order valence-electron chi connectivity index (χ2n) is 14.4. The number of Topliss-reactive ketones (excluding diaryl/α,β-unsaturated/α-hetero) is 1. The third-order valence-corrected chi connectivity index (χ3v) is 10.2. The van der Waals surface area contributed by atoms with Crippen molar-refractivity contribution in [2.24, 2.45) is 15.4 Å². The van der Waals surface area contributed by atoms with Crippen LogP contribution < -0.4 is 10.4 Å². The summed E-state index contributed by atoms with van der Waals surface area (Å²) in [6, 6.07) is 45.9. The molecule has 0 aromatic heterocycles. The summed E-state index contributed by atoms with van der Waals surface area (Å²) in [7, 11) is 0. The Morgan fingerprint density at radius 2 is 1.34 bits per heavy atom. The van der Waals surface area contributed by atoms with Gasteiger partial charge in [0.15, 0.2) is 5.78 Å². The number of azo groups is 1. The first-order valence-corrected chi connectivity index (χ1v) is 19.1. The number of hydrogen-bond acceptors (Lipinski definition) is 9. The summed E-state index contributed by atoms with van der Waals surface area (Å²) >= 11 is 0. The first-order chi connectivity index (χ1) is 28.1.